The minimum absolute atomic E-state index is 0.00694. The Morgan fingerprint density at radius 1 is 0.947 bits per heavy atom. The van der Waals surface area contributed by atoms with E-state index in [0.717, 1.165) is 0 Å². The summed E-state index contributed by atoms with van der Waals surface area (Å²) in [4.78, 5) is 0.00694. The first kappa shape index (κ1) is 15.4. The molecule has 2 aromatic carbocycles. The Kier molecular flexibility index (Phi) is 5.73. The van der Waals surface area contributed by atoms with E-state index in [2.05, 4.69) is 19.1 Å². The molecule has 102 valence electrons. The van der Waals surface area contributed by atoms with Crippen LogP contribution >= 0.6 is 0 Å². The predicted molar refractivity (Wildman–Crippen MR) is 76.8 cm³/mol. The molecule has 2 rings (SSSR count). The van der Waals surface area contributed by atoms with E-state index < -0.39 is 10.1 Å². The fourth-order valence-electron chi connectivity index (χ4n) is 1.58. The molecule has 0 atom stereocenters. The Labute approximate surface area is 114 Å². The third-order valence-electron chi connectivity index (χ3n) is 2.57. The lowest BCUT2D eigenvalue weighted by atomic mass is 10.2. The normalized spacial score (nSPS) is 10.5. The van der Waals surface area contributed by atoms with Gasteiger partial charge in [0.05, 0.1) is 4.90 Å². The fraction of sp³-hybridized carbons (Fsp3) is 0.200. The molecule has 0 saturated carbocycles. The largest absolute Gasteiger partial charge is 0.294 e. The number of hydrogen-bond acceptors (Lipinski definition) is 2. The van der Waals surface area contributed by atoms with Crippen LogP contribution in [0.2, 0.25) is 0 Å². The quantitative estimate of drug-likeness (QED) is 0.855. The maximum Gasteiger partial charge on any atom is 0.294 e. The summed E-state index contributed by atoms with van der Waals surface area (Å²) < 4.78 is 30.3. The first-order chi connectivity index (χ1) is 8.95. The molecular weight excluding hydrogens is 260 g/mol. The van der Waals surface area contributed by atoms with E-state index in [1.807, 2.05) is 25.1 Å². The summed E-state index contributed by atoms with van der Waals surface area (Å²) in [7, 11) is -4.05. The lowest BCUT2D eigenvalue weighted by Gasteiger charge is -2.02. The molecule has 2 aromatic rings. The predicted octanol–water partition coefficient (Wildman–Crippen LogP) is 3.49. The maximum atomic E-state index is 10.8. The number of benzene rings is 2. The zero-order valence-corrected chi connectivity index (χ0v) is 11.9. The number of rotatable bonds is 2. The molecule has 0 heterocycles. The van der Waals surface area contributed by atoms with E-state index in [9.17, 15) is 8.42 Å². The van der Waals surface area contributed by atoms with Gasteiger partial charge in [0.15, 0.2) is 0 Å². The van der Waals surface area contributed by atoms with Crippen molar-refractivity contribution in [1.29, 1.82) is 0 Å². The van der Waals surface area contributed by atoms with Crippen LogP contribution in [0.25, 0.3) is 0 Å². The SMILES string of the molecule is CCc1ccccc1S(=O)(=O)O.Cc1ccccc1. The van der Waals surface area contributed by atoms with Gasteiger partial charge in [-0.25, -0.2) is 0 Å². The van der Waals surface area contributed by atoms with Gasteiger partial charge in [-0.3, -0.25) is 4.55 Å². The van der Waals surface area contributed by atoms with Gasteiger partial charge >= 0.3 is 0 Å². The van der Waals surface area contributed by atoms with Gasteiger partial charge in [0, 0.05) is 0 Å². The molecule has 0 aliphatic carbocycles. The van der Waals surface area contributed by atoms with E-state index in [-0.39, 0.29) is 4.90 Å². The van der Waals surface area contributed by atoms with Gasteiger partial charge in [-0.1, -0.05) is 61.0 Å². The average Bonchev–Trinajstić information content (AvgIpc) is 2.39. The molecule has 4 heteroatoms. The summed E-state index contributed by atoms with van der Waals surface area (Å²) in [6.45, 7) is 3.92. The molecule has 0 aliphatic heterocycles. The van der Waals surface area contributed by atoms with E-state index in [1.165, 1.54) is 11.6 Å². The zero-order chi connectivity index (χ0) is 14.3. The maximum absolute atomic E-state index is 10.8. The van der Waals surface area contributed by atoms with Gasteiger partial charge < -0.3 is 0 Å². The highest BCUT2D eigenvalue weighted by atomic mass is 32.2. The van der Waals surface area contributed by atoms with Crippen LogP contribution in [0.3, 0.4) is 0 Å². The summed E-state index contributed by atoms with van der Waals surface area (Å²) >= 11 is 0. The standard InChI is InChI=1S/C8H10O3S.C7H8/c1-2-7-5-3-4-6-8(7)12(9,10)11;1-7-5-3-2-4-6-7/h3-6H,2H2,1H3,(H,9,10,11);2-6H,1H3. The molecule has 0 spiro atoms. The van der Waals surface area contributed by atoms with Crippen molar-refractivity contribution in [1.82, 2.24) is 0 Å². The lowest BCUT2D eigenvalue weighted by Crippen LogP contribution is -2.01. The van der Waals surface area contributed by atoms with Crippen LogP contribution < -0.4 is 0 Å². The van der Waals surface area contributed by atoms with Crippen molar-refractivity contribution in [2.24, 2.45) is 0 Å². The van der Waals surface area contributed by atoms with Gasteiger partial charge in [0.25, 0.3) is 10.1 Å². The van der Waals surface area contributed by atoms with E-state index >= 15 is 0 Å². The Morgan fingerprint density at radius 3 is 1.84 bits per heavy atom. The topological polar surface area (TPSA) is 54.4 Å². The van der Waals surface area contributed by atoms with Crippen molar-refractivity contribution in [3.05, 3.63) is 65.7 Å². The average molecular weight is 278 g/mol. The van der Waals surface area contributed by atoms with Gasteiger partial charge in [0.2, 0.25) is 0 Å². The minimum atomic E-state index is -4.05. The summed E-state index contributed by atoms with van der Waals surface area (Å²) in [6.07, 6.45) is 0.593. The van der Waals surface area contributed by atoms with Crippen LogP contribution in [0.15, 0.2) is 59.5 Å². The Balaban J connectivity index is 0.000000218. The van der Waals surface area contributed by atoms with Crippen LogP contribution in [-0.4, -0.2) is 13.0 Å². The minimum Gasteiger partial charge on any atom is -0.282 e. The molecule has 0 fully saturated rings. The van der Waals surface area contributed by atoms with Gasteiger partial charge in [-0.15, -0.1) is 0 Å². The van der Waals surface area contributed by atoms with Crippen LogP contribution in [0.4, 0.5) is 0 Å². The van der Waals surface area contributed by atoms with Crippen molar-refractivity contribution in [3.63, 3.8) is 0 Å². The first-order valence-electron chi connectivity index (χ1n) is 6.02. The van der Waals surface area contributed by atoms with Gasteiger partial charge in [0.1, 0.15) is 0 Å². The van der Waals surface area contributed by atoms with Crippen molar-refractivity contribution in [2.75, 3.05) is 0 Å². The molecule has 0 saturated heterocycles. The Bertz CT molecular complexity index is 604. The molecular formula is C15H18O3S. The Morgan fingerprint density at radius 2 is 1.47 bits per heavy atom. The highest BCUT2D eigenvalue weighted by Gasteiger charge is 2.12. The smallest absolute Gasteiger partial charge is 0.282 e. The first-order valence-corrected chi connectivity index (χ1v) is 7.46. The molecule has 0 amide bonds. The van der Waals surface area contributed by atoms with Crippen LogP contribution in [0.1, 0.15) is 18.1 Å². The van der Waals surface area contributed by atoms with Gasteiger partial charge in [-0.05, 0) is 25.0 Å². The highest BCUT2D eigenvalue weighted by molar-refractivity contribution is 7.85. The molecule has 0 aromatic heterocycles. The molecule has 0 bridgehead atoms. The Hall–Kier alpha value is -1.65. The second-order valence-electron chi connectivity index (χ2n) is 4.09. The van der Waals surface area contributed by atoms with Crippen molar-refractivity contribution in [2.45, 2.75) is 25.2 Å². The van der Waals surface area contributed by atoms with E-state index in [4.69, 9.17) is 4.55 Å². The second-order valence-corrected chi connectivity index (χ2v) is 5.48. The van der Waals surface area contributed by atoms with E-state index in [1.54, 1.807) is 18.2 Å². The zero-order valence-electron chi connectivity index (χ0n) is 11.1. The molecule has 0 radical (unpaired) electrons. The van der Waals surface area contributed by atoms with Crippen LogP contribution in [-0.2, 0) is 16.5 Å². The van der Waals surface area contributed by atoms with Crippen molar-refractivity contribution < 1.29 is 13.0 Å². The molecule has 0 unspecified atom stereocenters. The van der Waals surface area contributed by atoms with Crippen LogP contribution in [0.5, 0.6) is 0 Å². The third-order valence-corrected chi connectivity index (χ3v) is 3.53. The highest BCUT2D eigenvalue weighted by Crippen LogP contribution is 2.14. The molecule has 19 heavy (non-hydrogen) atoms. The van der Waals surface area contributed by atoms with Crippen molar-refractivity contribution in [3.8, 4) is 0 Å². The fourth-order valence-corrected chi connectivity index (χ4v) is 2.38. The third kappa shape index (κ3) is 5.24. The summed E-state index contributed by atoms with van der Waals surface area (Å²) in [5, 5.41) is 0. The number of hydrogen-bond donors (Lipinski definition) is 1. The van der Waals surface area contributed by atoms with Crippen LogP contribution in [0, 0.1) is 6.92 Å². The molecule has 1 N–H and O–H groups in total. The molecule has 3 nitrogen and oxygen atoms in total. The lowest BCUT2D eigenvalue weighted by molar-refractivity contribution is 0.482. The van der Waals surface area contributed by atoms with E-state index in [0.29, 0.717) is 12.0 Å². The summed E-state index contributed by atoms with van der Waals surface area (Å²) in [5.74, 6) is 0. The monoisotopic (exact) mass is 278 g/mol. The van der Waals surface area contributed by atoms with Gasteiger partial charge in [-0.2, -0.15) is 8.42 Å². The molecule has 0 aliphatic rings. The summed E-state index contributed by atoms with van der Waals surface area (Å²) in [5.41, 5.74) is 1.96. The van der Waals surface area contributed by atoms with Crippen molar-refractivity contribution >= 4 is 10.1 Å². The second kappa shape index (κ2) is 7.07. The number of aryl methyl sites for hydroxylation is 2. The summed E-state index contributed by atoms with van der Waals surface area (Å²) in [6, 6.07) is 16.7.